The zero-order chi connectivity index (χ0) is 15.2. The molecule has 0 amide bonds. The summed E-state index contributed by atoms with van der Waals surface area (Å²) < 4.78 is 2.20. The van der Waals surface area contributed by atoms with Crippen molar-refractivity contribution in [1.82, 2.24) is 15.1 Å². The second-order valence-corrected chi connectivity index (χ2v) is 6.71. The van der Waals surface area contributed by atoms with Gasteiger partial charge in [0.2, 0.25) is 0 Å². The number of hydrogen-bond acceptors (Lipinski definition) is 2. The first kappa shape index (κ1) is 16.5. The fourth-order valence-electron chi connectivity index (χ4n) is 3.95. The average Bonchev–Trinajstić information content (AvgIpc) is 2.85. The Morgan fingerprint density at radius 2 is 2.05 bits per heavy atom. The summed E-state index contributed by atoms with van der Waals surface area (Å²) in [5.74, 6) is 2.60. The van der Waals surface area contributed by atoms with E-state index in [9.17, 15) is 0 Å². The van der Waals surface area contributed by atoms with Crippen LogP contribution in [0.25, 0.3) is 0 Å². The van der Waals surface area contributed by atoms with Crippen molar-refractivity contribution in [3.05, 3.63) is 17.5 Å². The molecule has 3 heteroatoms. The highest BCUT2D eigenvalue weighted by Gasteiger charge is 2.30. The number of aryl methyl sites for hydroxylation is 2. The highest BCUT2D eigenvalue weighted by Crippen LogP contribution is 2.37. The van der Waals surface area contributed by atoms with Gasteiger partial charge in [-0.3, -0.25) is 4.68 Å². The molecule has 0 aliphatic heterocycles. The van der Waals surface area contributed by atoms with Crippen LogP contribution < -0.4 is 5.32 Å². The van der Waals surface area contributed by atoms with Gasteiger partial charge in [0.15, 0.2) is 0 Å². The second-order valence-electron chi connectivity index (χ2n) is 6.71. The van der Waals surface area contributed by atoms with Crippen molar-refractivity contribution in [2.24, 2.45) is 17.8 Å². The Labute approximate surface area is 130 Å². The van der Waals surface area contributed by atoms with Crippen LogP contribution in [0, 0.1) is 24.7 Å². The van der Waals surface area contributed by atoms with Gasteiger partial charge in [0, 0.05) is 12.2 Å². The number of nitrogens with zero attached hydrogens (tertiary/aromatic N) is 2. The first-order chi connectivity index (χ1) is 10.2. The predicted octanol–water partition coefficient (Wildman–Crippen LogP) is 3.81. The smallest absolute Gasteiger partial charge is 0.0596 e. The molecule has 0 saturated heterocycles. The summed E-state index contributed by atoms with van der Waals surface area (Å²) >= 11 is 0. The lowest BCUT2D eigenvalue weighted by atomic mass is 9.71. The van der Waals surface area contributed by atoms with Crippen molar-refractivity contribution in [3.63, 3.8) is 0 Å². The van der Waals surface area contributed by atoms with Crippen molar-refractivity contribution in [2.75, 3.05) is 13.1 Å². The van der Waals surface area contributed by atoms with Gasteiger partial charge in [-0.25, -0.2) is 0 Å². The third kappa shape index (κ3) is 4.32. The fourth-order valence-corrected chi connectivity index (χ4v) is 3.95. The minimum atomic E-state index is 0.823. The largest absolute Gasteiger partial charge is 0.317 e. The van der Waals surface area contributed by atoms with Crippen molar-refractivity contribution < 1.29 is 0 Å². The summed E-state index contributed by atoms with van der Waals surface area (Å²) in [6.45, 7) is 12.1. The molecular formula is C18H33N3. The zero-order valence-electron chi connectivity index (χ0n) is 14.4. The minimum Gasteiger partial charge on any atom is -0.317 e. The minimum absolute atomic E-state index is 0.823. The van der Waals surface area contributed by atoms with E-state index in [1.54, 1.807) is 0 Å². The van der Waals surface area contributed by atoms with Crippen LogP contribution in [0.4, 0.5) is 0 Å². The van der Waals surface area contributed by atoms with Crippen LogP contribution in [-0.4, -0.2) is 22.9 Å². The molecule has 3 atom stereocenters. The molecular weight excluding hydrogens is 258 g/mol. The summed E-state index contributed by atoms with van der Waals surface area (Å²) in [6, 6.07) is 2.30. The Bertz CT molecular complexity index is 424. The molecule has 3 nitrogen and oxygen atoms in total. The molecule has 1 aromatic heterocycles. The van der Waals surface area contributed by atoms with Crippen molar-refractivity contribution >= 4 is 0 Å². The summed E-state index contributed by atoms with van der Waals surface area (Å²) in [4.78, 5) is 0. The third-order valence-corrected chi connectivity index (χ3v) is 5.24. The van der Waals surface area contributed by atoms with E-state index < -0.39 is 0 Å². The van der Waals surface area contributed by atoms with Gasteiger partial charge in [-0.2, -0.15) is 5.10 Å². The van der Waals surface area contributed by atoms with E-state index in [4.69, 9.17) is 0 Å². The van der Waals surface area contributed by atoms with Gasteiger partial charge in [-0.1, -0.05) is 26.7 Å². The monoisotopic (exact) mass is 291 g/mol. The van der Waals surface area contributed by atoms with E-state index in [0.29, 0.717) is 0 Å². The van der Waals surface area contributed by atoms with E-state index >= 15 is 0 Å². The molecule has 1 saturated carbocycles. The highest BCUT2D eigenvalue weighted by molar-refractivity contribution is 5.10. The molecule has 1 aliphatic rings. The molecule has 0 bridgehead atoms. The Morgan fingerprint density at radius 3 is 2.71 bits per heavy atom. The van der Waals surface area contributed by atoms with Crippen LogP contribution in [0.2, 0.25) is 0 Å². The molecule has 1 N–H and O–H groups in total. The average molecular weight is 291 g/mol. The first-order valence-corrected chi connectivity index (χ1v) is 8.91. The van der Waals surface area contributed by atoms with Crippen LogP contribution >= 0.6 is 0 Å². The third-order valence-electron chi connectivity index (χ3n) is 5.24. The van der Waals surface area contributed by atoms with Crippen LogP contribution in [0.5, 0.6) is 0 Å². The summed E-state index contributed by atoms with van der Waals surface area (Å²) in [5.41, 5.74) is 2.61. The maximum absolute atomic E-state index is 4.62. The van der Waals surface area contributed by atoms with E-state index in [2.05, 4.69) is 48.9 Å². The molecule has 1 heterocycles. The lowest BCUT2D eigenvalue weighted by Crippen LogP contribution is -2.34. The van der Waals surface area contributed by atoms with E-state index in [-0.39, 0.29) is 0 Å². The molecule has 0 radical (unpaired) electrons. The summed E-state index contributed by atoms with van der Waals surface area (Å²) in [6.07, 6.45) is 6.78. The van der Waals surface area contributed by atoms with Gasteiger partial charge < -0.3 is 5.32 Å². The van der Waals surface area contributed by atoms with Crippen LogP contribution in [0.15, 0.2) is 6.07 Å². The highest BCUT2D eigenvalue weighted by atomic mass is 15.3. The van der Waals surface area contributed by atoms with Crippen LogP contribution in [-0.2, 0) is 13.0 Å². The molecule has 120 valence electrons. The maximum atomic E-state index is 4.62. The zero-order valence-corrected chi connectivity index (χ0v) is 14.4. The number of aromatic nitrogens is 2. The molecule has 1 fully saturated rings. The van der Waals surface area contributed by atoms with Gasteiger partial charge in [-0.05, 0) is 70.0 Å². The van der Waals surface area contributed by atoms with E-state index in [0.717, 1.165) is 36.5 Å². The Kier molecular flexibility index (Phi) is 6.28. The summed E-state index contributed by atoms with van der Waals surface area (Å²) in [5, 5.41) is 8.20. The van der Waals surface area contributed by atoms with Gasteiger partial charge in [0.05, 0.1) is 5.69 Å². The topological polar surface area (TPSA) is 29.9 Å². The second kappa shape index (κ2) is 7.98. The Hall–Kier alpha value is -0.830. The van der Waals surface area contributed by atoms with Gasteiger partial charge in [-0.15, -0.1) is 0 Å². The number of nitrogens with one attached hydrogen (secondary N) is 1. The van der Waals surface area contributed by atoms with Gasteiger partial charge in [0.1, 0.15) is 0 Å². The Morgan fingerprint density at radius 1 is 1.24 bits per heavy atom. The van der Waals surface area contributed by atoms with Crippen LogP contribution in [0.1, 0.15) is 57.8 Å². The van der Waals surface area contributed by atoms with Gasteiger partial charge in [0.25, 0.3) is 0 Å². The molecule has 1 aromatic rings. The molecule has 0 aromatic carbocycles. The predicted molar refractivity (Wildman–Crippen MR) is 89.5 cm³/mol. The molecule has 2 rings (SSSR count). The number of rotatable bonds is 7. The SMILES string of the molecule is CCNCC1CCC(CC)CC1Cc1cc(C)nn1CC. The fraction of sp³-hybridized carbons (Fsp3) is 0.833. The standard InChI is InChI=1S/C18H33N3/c1-5-15-8-9-16(13-19-6-2)17(11-15)12-18-10-14(4)20-21(18)7-3/h10,15-17,19H,5-9,11-13H2,1-4H3. The molecule has 3 unspecified atom stereocenters. The van der Waals surface area contributed by atoms with Crippen LogP contribution in [0.3, 0.4) is 0 Å². The first-order valence-electron chi connectivity index (χ1n) is 8.91. The summed E-state index contributed by atoms with van der Waals surface area (Å²) in [7, 11) is 0. The van der Waals surface area contributed by atoms with E-state index in [1.165, 1.54) is 44.3 Å². The van der Waals surface area contributed by atoms with Crippen molar-refractivity contribution in [2.45, 2.75) is 66.3 Å². The maximum Gasteiger partial charge on any atom is 0.0596 e. The van der Waals surface area contributed by atoms with Crippen molar-refractivity contribution in [1.29, 1.82) is 0 Å². The molecule has 21 heavy (non-hydrogen) atoms. The lowest BCUT2D eigenvalue weighted by Gasteiger charge is -2.36. The van der Waals surface area contributed by atoms with Crippen molar-refractivity contribution in [3.8, 4) is 0 Å². The molecule has 0 spiro atoms. The van der Waals surface area contributed by atoms with Gasteiger partial charge >= 0.3 is 0 Å². The quantitative estimate of drug-likeness (QED) is 0.828. The number of hydrogen-bond donors (Lipinski definition) is 1. The lowest BCUT2D eigenvalue weighted by molar-refractivity contribution is 0.169. The normalized spacial score (nSPS) is 26.2. The molecule has 1 aliphatic carbocycles. The Balaban J connectivity index is 2.07. The van der Waals surface area contributed by atoms with E-state index in [1.807, 2.05) is 0 Å².